The first-order valence-electron chi connectivity index (χ1n) is 11.8. The molecule has 1 unspecified atom stereocenters. The fraction of sp³-hybridized carbons (Fsp3) is 0.346. The van der Waals surface area contributed by atoms with E-state index in [-0.39, 0.29) is 17.8 Å². The molecule has 6 rings (SSSR count). The lowest BCUT2D eigenvalue weighted by Gasteiger charge is -2.34. The Morgan fingerprint density at radius 2 is 2.06 bits per heavy atom. The maximum atomic E-state index is 11.9. The summed E-state index contributed by atoms with van der Waals surface area (Å²) in [5, 5.41) is 8.22. The first kappa shape index (κ1) is 21.8. The average molecular weight is 474 g/mol. The van der Waals surface area contributed by atoms with Crippen LogP contribution in [0.5, 0.6) is 0 Å². The minimum atomic E-state index is -0.368. The number of piperazine rings is 1. The smallest absolute Gasteiger partial charge is 0.419 e. The van der Waals surface area contributed by atoms with Crippen LogP contribution < -0.4 is 11.1 Å². The zero-order chi connectivity index (χ0) is 24.3. The predicted molar refractivity (Wildman–Crippen MR) is 130 cm³/mol. The van der Waals surface area contributed by atoms with Crippen molar-refractivity contribution in [2.75, 3.05) is 19.6 Å². The summed E-state index contributed by atoms with van der Waals surface area (Å²) in [5.41, 5.74) is 8.33. The fourth-order valence-electron chi connectivity index (χ4n) is 5.25. The average Bonchev–Trinajstić information content (AvgIpc) is 3.54. The molecule has 4 heterocycles. The first-order valence-corrected chi connectivity index (χ1v) is 11.8. The number of hydrogen-bond acceptors (Lipinski definition) is 7. The number of aromatic nitrogens is 3. The summed E-state index contributed by atoms with van der Waals surface area (Å²) in [4.78, 5) is 26.2. The molecule has 1 N–H and O–H groups in total. The zero-order valence-corrected chi connectivity index (χ0v) is 20.0. The third kappa shape index (κ3) is 3.67. The molecular weight excluding hydrogens is 446 g/mol. The van der Waals surface area contributed by atoms with E-state index in [0.29, 0.717) is 17.8 Å². The molecule has 0 saturated carbocycles. The van der Waals surface area contributed by atoms with Crippen LogP contribution in [-0.4, -0.2) is 44.9 Å². The number of fused-ring (bicyclic) bond motifs is 2. The highest BCUT2D eigenvalue weighted by Crippen LogP contribution is 2.30. The normalized spacial score (nSPS) is 18.3. The van der Waals surface area contributed by atoms with E-state index in [1.165, 1.54) is 10.1 Å². The van der Waals surface area contributed by atoms with Crippen LogP contribution in [0.3, 0.4) is 0 Å². The Balaban J connectivity index is 1.21. The lowest BCUT2D eigenvalue weighted by atomic mass is 9.93. The number of ether oxygens (including phenoxy) is 1. The summed E-state index contributed by atoms with van der Waals surface area (Å²) >= 11 is 0. The Bertz CT molecular complexity index is 1530. The lowest BCUT2D eigenvalue weighted by Crippen LogP contribution is -2.45. The number of aryl methyl sites for hydroxylation is 2. The Kier molecular flexibility index (Phi) is 5.12. The summed E-state index contributed by atoms with van der Waals surface area (Å²) in [6.45, 7) is 7.85. The maximum Gasteiger partial charge on any atom is 0.419 e. The van der Waals surface area contributed by atoms with Crippen molar-refractivity contribution in [3.05, 3.63) is 80.6 Å². The van der Waals surface area contributed by atoms with Crippen LogP contribution in [0.25, 0.3) is 16.8 Å². The van der Waals surface area contributed by atoms with Crippen molar-refractivity contribution in [3.8, 4) is 5.69 Å². The quantitative estimate of drug-likeness (QED) is 0.456. The van der Waals surface area contributed by atoms with Crippen LogP contribution in [0.2, 0.25) is 0 Å². The van der Waals surface area contributed by atoms with Crippen LogP contribution in [0.15, 0.2) is 45.9 Å². The second-order valence-corrected chi connectivity index (χ2v) is 9.45. The third-order valence-corrected chi connectivity index (χ3v) is 7.21. The van der Waals surface area contributed by atoms with E-state index in [1.807, 2.05) is 42.2 Å². The van der Waals surface area contributed by atoms with Crippen LogP contribution in [0, 0.1) is 13.8 Å². The van der Waals surface area contributed by atoms with Gasteiger partial charge in [-0.1, -0.05) is 6.07 Å². The number of rotatable bonds is 4. The Morgan fingerprint density at radius 1 is 1.20 bits per heavy atom. The standard InChI is InChI=1S/C26H27N5O4/c1-15-8-18(9-23-24(15)35-26(33)29(23)3)31-12-17(10-28-31)11-30-7-6-27-22(13-30)19-4-5-20-21(16(19)2)14-34-25(20)32/h4-5,8-10,12,22,27H,6-7,11,13-14H2,1-3H3. The van der Waals surface area contributed by atoms with E-state index in [0.717, 1.165) is 59.6 Å². The second kappa shape index (κ2) is 8.21. The van der Waals surface area contributed by atoms with E-state index >= 15 is 0 Å². The molecule has 1 fully saturated rings. The zero-order valence-electron chi connectivity index (χ0n) is 20.0. The fourth-order valence-corrected chi connectivity index (χ4v) is 5.25. The summed E-state index contributed by atoms with van der Waals surface area (Å²) in [6, 6.07) is 8.05. The molecule has 180 valence electrons. The van der Waals surface area contributed by atoms with Crippen LogP contribution in [-0.2, 0) is 24.9 Å². The molecular formula is C26H27N5O4. The summed E-state index contributed by atoms with van der Waals surface area (Å²) in [7, 11) is 1.71. The minimum absolute atomic E-state index is 0.187. The van der Waals surface area contributed by atoms with Gasteiger partial charge in [0.1, 0.15) is 6.61 Å². The molecule has 0 bridgehead atoms. The van der Waals surface area contributed by atoms with Gasteiger partial charge < -0.3 is 14.5 Å². The van der Waals surface area contributed by atoms with Crippen molar-refractivity contribution in [3.63, 3.8) is 0 Å². The van der Waals surface area contributed by atoms with Gasteiger partial charge in [0.05, 0.1) is 23.0 Å². The monoisotopic (exact) mass is 473 g/mol. The van der Waals surface area contributed by atoms with Crippen molar-refractivity contribution in [1.29, 1.82) is 0 Å². The molecule has 4 aromatic rings. The second-order valence-electron chi connectivity index (χ2n) is 9.45. The van der Waals surface area contributed by atoms with Crippen molar-refractivity contribution in [2.45, 2.75) is 33.0 Å². The Morgan fingerprint density at radius 3 is 2.91 bits per heavy atom. The van der Waals surface area contributed by atoms with Crippen LogP contribution >= 0.6 is 0 Å². The number of nitrogens with one attached hydrogen (secondary N) is 1. The van der Waals surface area contributed by atoms with Gasteiger partial charge in [0.15, 0.2) is 5.58 Å². The van der Waals surface area contributed by atoms with Gasteiger partial charge in [0.25, 0.3) is 0 Å². The van der Waals surface area contributed by atoms with Gasteiger partial charge in [-0.2, -0.15) is 5.10 Å². The molecule has 2 aromatic heterocycles. The highest BCUT2D eigenvalue weighted by Gasteiger charge is 2.28. The first-order chi connectivity index (χ1) is 16.9. The van der Waals surface area contributed by atoms with E-state index < -0.39 is 0 Å². The van der Waals surface area contributed by atoms with Gasteiger partial charge in [-0.3, -0.25) is 9.47 Å². The third-order valence-electron chi connectivity index (χ3n) is 7.21. The number of nitrogens with zero attached hydrogens (tertiary/aromatic N) is 4. The molecule has 0 radical (unpaired) electrons. The number of carbonyl (C=O) groups is 1. The highest BCUT2D eigenvalue weighted by atomic mass is 16.5. The van der Waals surface area contributed by atoms with Gasteiger partial charge in [0.2, 0.25) is 0 Å². The van der Waals surface area contributed by atoms with Gasteiger partial charge in [-0.05, 0) is 48.7 Å². The molecule has 0 aliphatic carbocycles. The van der Waals surface area contributed by atoms with E-state index in [1.54, 1.807) is 7.05 Å². The SMILES string of the molecule is Cc1c(C2CN(Cc3cnn(-c4cc(C)c5oc(=O)n(C)c5c4)c3)CCN2)ccc2c1COC2=O. The number of hydrogen-bond donors (Lipinski definition) is 1. The molecule has 2 aromatic carbocycles. The van der Waals surface area contributed by atoms with Crippen molar-refractivity contribution in [1.82, 2.24) is 24.6 Å². The maximum absolute atomic E-state index is 11.9. The van der Waals surface area contributed by atoms with E-state index in [4.69, 9.17) is 9.15 Å². The summed E-state index contributed by atoms with van der Waals surface area (Å²) < 4.78 is 13.9. The van der Waals surface area contributed by atoms with E-state index in [9.17, 15) is 9.59 Å². The predicted octanol–water partition coefficient (Wildman–Crippen LogP) is 2.75. The number of cyclic esters (lactones) is 1. The highest BCUT2D eigenvalue weighted by molar-refractivity contribution is 5.94. The van der Waals surface area contributed by atoms with E-state index in [2.05, 4.69) is 28.3 Å². The van der Waals surface area contributed by atoms with Gasteiger partial charge >= 0.3 is 11.7 Å². The number of esters is 1. The Hall–Kier alpha value is -3.69. The van der Waals surface area contributed by atoms with Crippen molar-refractivity contribution in [2.24, 2.45) is 7.05 Å². The molecule has 0 amide bonds. The Labute approximate surface area is 201 Å². The number of carbonyl (C=O) groups excluding carboxylic acids is 1. The molecule has 2 aliphatic heterocycles. The molecule has 35 heavy (non-hydrogen) atoms. The topological polar surface area (TPSA) is 94.5 Å². The van der Waals surface area contributed by atoms with Gasteiger partial charge in [0, 0.05) is 56.6 Å². The number of benzene rings is 2. The van der Waals surface area contributed by atoms with Crippen molar-refractivity contribution < 1.29 is 13.9 Å². The lowest BCUT2D eigenvalue weighted by molar-refractivity contribution is 0.0535. The van der Waals surface area contributed by atoms with Crippen LogP contribution in [0.1, 0.15) is 44.2 Å². The molecule has 1 saturated heterocycles. The van der Waals surface area contributed by atoms with Crippen LogP contribution in [0.4, 0.5) is 0 Å². The summed E-state index contributed by atoms with van der Waals surface area (Å²) in [5.74, 6) is -0.596. The van der Waals surface area contributed by atoms with Gasteiger partial charge in [-0.15, -0.1) is 0 Å². The summed E-state index contributed by atoms with van der Waals surface area (Å²) in [6.07, 6.45) is 3.94. The van der Waals surface area contributed by atoms with Crippen molar-refractivity contribution >= 4 is 17.1 Å². The largest absolute Gasteiger partial charge is 0.457 e. The molecule has 1 atom stereocenters. The number of oxazole rings is 1. The molecule has 0 spiro atoms. The van der Waals surface area contributed by atoms with Gasteiger partial charge in [-0.25, -0.2) is 14.3 Å². The molecule has 2 aliphatic rings. The minimum Gasteiger partial charge on any atom is -0.457 e. The molecule has 9 nitrogen and oxygen atoms in total. The molecule has 9 heteroatoms.